The SMILES string of the molecule is C[C@H](CCCC(C)(C)O)[C@H]1CC[C@H]2[C@@H]3CC[C@H]4[C@@H](O)[C@@H](OCC(C)(C)C(F)F)CC[C@]4(C)[C@H]3CC[C@]12C. The Bertz CT molecular complexity index is 778. The zero-order chi connectivity index (χ0) is 27.4. The Morgan fingerprint density at radius 3 is 2.16 bits per heavy atom. The second-order valence-corrected chi connectivity index (χ2v) is 15.6. The fraction of sp³-hybridized carbons (Fsp3) is 1.00. The summed E-state index contributed by atoms with van der Waals surface area (Å²) in [6.07, 6.45) is 9.17. The first-order valence-electron chi connectivity index (χ1n) is 15.4. The molecule has 0 radical (unpaired) electrons. The van der Waals surface area contributed by atoms with Gasteiger partial charge in [-0.25, -0.2) is 8.78 Å². The monoisotopic (exact) mass is 526 g/mol. The lowest BCUT2D eigenvalue weighted by Gasteiger charge is -2.62. The lowest BCUT2D eigenvalue weighted by Crippen LogP contribution is -2.59. The molecule has 4 saturated carbocycles. The van der Waals surface area contributed by atoms with Crippen LogP contribution >= 0.6 is 0 Å². The Kier molecular flexibility index (Phi) is 8.53. The van der Waals surface area contributed by atoms with Gasteiger partial charge in [0, 0.05) is 5.41 Å². The van der Waals surface area contributed by atoms with Gasteiger partial charge in [-0.1, -0.05) is 47.5 Å². The number of hydrogen-bond acceptors (Lipinski definition) is 3. The maximum absolute atomic E-state index is 13.4. The molecule has 0 unspecified atom stereocenters. The van der Waals surface area contributed by atoms with E-state index in [1.54, 1.807) is 13.8 Å². The highest BCUT2D eigenvalue weighted by Crippen LogP contribution is 2.68. The molecule has 4 aliphatic rings. The van der Waals surface area contributed by atoms with Crippen molar-refractivity contribution in [2.24, 2.45) is 51.8 Å². The van der Waals surface area contributed by atoms with Gasteiger partial charge in [-0.2, -0.15) is 0 Å². The van der Waals surface area contributed by atoms with Gasteiger partial charge in [-0.15, -0.1) is 0 Å². The van der Waals surface area contributed by atoms with Crippen molar-refractivity contribution in [3.8, 4) is 0 Å². The topological polar surface area (TPSA) is 49.7 Å². The van der Waals surface area contributed by atoms with Crippen molar-refractivity contribution in [1.82, 2.24) is 0 Å². The van der Waals surface area contributed by atoms with Gasteiger partial charge >= 0.3 is 0 Å². The lowest BCUT2D eigenvalue weighted by atomic mass is 9.44. The largest absolute Gasteiger partial charge is 0.390 e. The van der Waals surface area contributed by atoms with E-state index in [9.17, 15) is 19.0 Å². The average molecular weight is 527 g/mol. The number of fused-ring (bicyclic) bond motifs is 5. The van der Waals surface area contributed by atoms with E-state index in [4.69, 9.17) is 4.74 Å². The van der Waals surface area contributed by atoms with Crippen LogP contribution in [-0.2, 0) is 4.74 Å². The molecule has 0 bridgehead atoms. The van der Waals surface area contributed by atoms with E-state index in [0.29, 0.717) is 17.3 Å². The van der Waals surface area contributed by atoms with Crippen LogP contribution in [0.5, 0.6) is 0 Å². The predicted molar refractivity (Wildman–Crippen MR) is 145 cm³/mol. The van der Waals surface area contributed by atoms with Crippen LogP contribution in [0.25, 0.3) is 0 Å². The summed E-state index contributed by atoms with van der Waals surface area (Å²) in [5.41, 5.74) is -1.21. The molecule has 4 fully saturated rings. The summed E-state index contributed by atoms with van der Waals surface area (Å²) in [6, 6.07) is 0. The molecule has 0 aromatic heterocycles. The fourth-order valence-corrected chi connectivity index (χ4v) is 9.90. The first kappa shape index (κ1) is 29.7. The minimum atomic E-state index is -2.43. The highest BCUT2D eigenvalue weighted by Gasteiger charge is 2.62. The molecule has 2 N–H and O–H groups in total. The number of alkyl halides is 2. The average Bonchev–Trinajstić information content (AvgIpc) is 3.15. The number of aliphatic hydroxyl groups is 2. The molecular weight excluding hydrogens is 470 g/mol. The van der Waals surface area contributed by atoms with Crippen molar-refractivity contribution in [2.75, 3.05) is 6.61 Å². The summed E-state index contributed by atoms with van der Waals surface area (Å²) in [5, 5.41) is 21.6. The van der Waals surface area contributed by atoms with Crippen LogP contribution in [0.3, 0.4) is 0 Å². The van der Waals surface area contributed by atoms with E-state index in [2.05, 4.69) is 20.8 Å². The number of aliphatic hydroxyl groups excluding tert-OH is 1. The molecule has 0 amide bonds. The summed E-state index contributed by atoms with van der Waals surface area (Å²) in [7, 11) is 0. The number of ether oxygens (including phenoxy) is 1. The van der Waals surface area contributed by atoms with Gasteiger partial charge in [0.25, 0.3) is 0 Å². The van der Waals surface area contributed by atoms with Crippen molar-refractivity contribution in [3.05, 3.63) is 0 Å². The van der Waals surface area contributed by atoms with E-state index >= 15 is 0 Å². The molecule has 3 nitrogen and oxygen atoms in total. The number of halogens is 2. The molecule has 0 heterocycles. The first-order chi connectivity index (χ1) is 17.1. The molecule has 5 heteroatoms. The third-order valence-electron chi connectivity index (χ3n) is 12.2. The minimum absolute atomic E-state index is 0.00230. The molecule has 4 aliphatic carbocycles. The maximum atomic E-state index is 13.4. The normalized spacial score (nSPS) is 43.3. The molecule has 0 aliphatic heterocycles. The molecule has 4 rings (SSSR count). The number of hydrogen-bond donors (Lipinski definition) is 2. The lowest BCUT2D eigenvalue weighted by molar-refractivity contribution is -0.194. The van der Waals surface area contributed by atoms with Gasteiger partial charge < -0.3 is 14.9 Å². The van der Waals surface area contributed by atoms with Crippen LogP contribution in [0, 0.1) is 51.8 Å². The highest BCUT2D eigenvalue weighted by molar-refractivity contribution is 5.11. The van der Waals surface area contributed by atoms with Crippen molar-refractivity contribution in [1.29, 1.82) is 0 Å². The third-order valence-corrected chi connectivity index (χ3v) is 12.2. The van der Waals surface area contributed by atoms with Crippen LogP contribution < -0.4 is 0 Å². The molecule has 0 aromatic carbocycles. The van der Waals surface area contributed by atoms with Gasteiger partial charge in [-0.3, -0.25) is 0 Å². The standard InChI is InChI=1S/C32H56F2O3/c1-20(9-8-16-30(4,5)36)22-12-13-23-21-10-11-25-27(35)26(37-19-29(2,3)28(33)34)15-18-32(25,7)24(21)14-17-31(22,23)6/h20-28,35-36H,8-19H2,1-7H3/t20-,21+,22-,23+,24+,25+,26+,27-,31-,32-/m1/s1. The Morgan fingerprint density at radius 2 is 1.51 bits per heavy atom. The van der Waals surface area contributed by atoms with Crippen molar-refractivity contribution in [2.45, 2.75) is 143 Å². The molecule has 0 spiro atoms. The molecule has 216 valence electrons. The van der Waals surface area contributed by atoms with Gasteiger partial charge in [0.15, 0.2) is 0 Å². The molecule has 10 atom stereocenters. The van der Waals surface area contributed by atoms with E-state index in [0.717, 1.165) is 49.9 Å². The first-order valence-corrected chi connectivity index (χ1v) is 15.4. The van der Waals surface area contributed by atoms with Crippen LogP contribution in [0.15, 0.2) is 0 Å². The highest BCUT2D eigenvalue weighted by atomic mass is 19.3. The smallest absolute Gasteiger partial charge is 0.245 e. The Balaban J connectivity index is 1.41. The van der Waals surface area contributed by atoms with E-state index < -0.39 is 23.5 Å². The van der Waals surface area contributed by atoms with Crippen molar-refractivity contribution in [3.63, 3.8) is 0 Å². The van der Waals surface area contributed by atoms with E-state index in [1.807, 2.05) is 13.8 Å². The Labute approximate surface area is 225 Å². The van der Waals surface area contributed by atoms with Crippen LogP contribution in [0.2, 0.25) is 0 Å². The summed E-state index contributed by atoms with van der Waals surface area (Å²) in [5.74, 6) is 3.87. The minimum Gasteiger partial charge on any atom is -0.390 e. The number of rotatable bonds is 9. The van der Waals surface area contributed by atoms with Crippen molar-refractivity contribution >= 4 is 0 Å². The summed E-state index contributed by atoms with van der Waals surface area (Å²) in [6.45, 7) is 14.4. The van der Waals surface area contributed by atoms with Gasteiger partial charge in [-0.05, 0) is 118 Å². The fourth-order valence-electron chi connectivity index (χ4n) is 9.90. The van der Waals surface area contributed by atoms with Crippen molar-refractivity contribution < 1.29 is 23.7 Å². The summed E-state index contributed by atoms with van der Waals surface area (Å²) in [4.78, 5) is 0. The zero-order valence-corrected chi connectivity index (χ0v) is 24.7. The van der Waals surface area contributed by atoms with Gasteiger partial charge in [0.05, 0.1) is 24.4 Å². The maximum Gasteiger partial charge on any atom is 0.245 e. The second kappa shape index (κ2) is 10.6. The molecule has 0 saturated heterocycles. The van der Waals surface area contributed by atoms with E-state index in [-0.39, 0.29) is 24.0 Å². The van der Waals surface area contributed by atoms with Gasteiger partial charge in [0.1, 0.15) is 0 Å². The molecule has 0 aromatic rings. The van der Waals surface area contributed by atoms with Crippen LogP contribution in [0.4, 0.5) is 8.78 Å². The van der Waals surface area contributed by atoms with Crippen LogP contribution in [-0.4, -0.2) is 41.1 Å². The predicted octanol–water partition coefficient (Wildman–Crippen LogP) is 7.87. The Morgan fingerprint density at radius 1 is 0.892 bits per heavy atom. The Hall–Kier alpha value is -0.260. The zero-order valence-electron chi connectivity index (χ0n) is 24.7. The second-order valence-electron chi connectivity index (χ2n) is 15.6. The quantitative estimate of drug-likeness (QED) is 0.321. The van der Waals surface area contributed by atoms with Gasteiger partial charge in [0.2, 0.25) is 6.43 Å². The molecular formula is C32H56F2O3. The third kappa shape index (κ3) is 5.67. The molecule has 37 heavy (non-hydrogen) atoms. The van der Waals surface area contributed by atoms with Crippen LogP contribution in [0.1, 0.15) is 119 Å². The summed E-state index contributed by atoms with van der Waals surface area (Å²) < 4.78 is 32.7. The van der Waals surface area contributed by atoms with E-state index in [1.165, 1.54) is 38.5 Å². The summed E-state index contributed by atoms with van der Waals surface area (Å²) >= 11 is 0.